The summed E-state index contributed by atoms with van der Waals surface area (Å²) in [5.74, 6) is 1.10. The van der Waals surface area contributed by atoms with E-state index in [0.717, 1.165) is 25.2 Å². The van der Waals surface area contributed by atoms with Gasteiger partial charge in [0.05, 0.1) is 0 Å². The third-order valence-electron chi connectivity index (χ3n) is 2.63. The summed E-state index contributed by atoms with van der Waals surface area (Å²) in [4.78, 5) is 7.32. The van der Waals surface area contributed by atoms with E-state index < -0.39 is 0 Å². The molecule has 0 saturated heterocycles. The first kappa shape index (κ1) is 12.2. The summed E-state index contributed by atoms with van der Waals surface area (Å²) < 4.78 is 0. The second-order valence-electron chi connectivity index (χ2n) is 4.14. The highest BCUT2D eigenvalue weighted by molar-refractivity contribution is 4.86. The van der Waals surface area contributed by atoms with Crippen molar-refractivity contribution in [3.05, 3.63) is 18.2 Å². The van der Waals surface area contributed by atoms with Crippen LogP contribution in [0.25, 0.3) is 0 Å². The molecule has 1 rings (SSSR count). The minimum atomic E-state index is 0.654. The maximum absolute atomic E-state index is 4.20. The van der Waals surface area contributed by atoms with Gasteiger partial charge < -0.3 is 10.3 Å². The molecule has 0 fully saturated rings. The van der Waals surface area contributed by atoms with Gasteiger partial charge >= 0.3 is 0 Å². The third-order valence-corrected chi connectivity index (χ3v) is 2.63. The van der Waals surface area contributed by atoms with Crippen molar-refractivity contribution in [3.63, 3.8) is 0 Å². The first-order valence-electron chi connectivity index (χ1n) is 6.04. The molecule has 0 amide bonds. The molecule has 0 aliphatic heterocycles. The Morgan fingerprint density at radius 2 is 2.33 bits per heavy atom. The number of nitrogens with zero attached hydrogens (tertiary/aromatic N) is 1. The van der Waals surface area contributed by atoms with Gasteiger partial charge in [0.1, 0.15) is 5.82 Å². The van der Waals surface area contributed by atoms with E-state index in [-0.39, 0.29) is 0 Å². The molecular weight excluding hydrogens is 186 g/mol. The molecule has 1 atom stereocenters. The van der Waals surface area contributed by atoms with E-state index in [2.05, 4.69) is 29.1 Å². The van der Waals surface area contributed by atoms with Crippen LogP contribution in [0.1, 0.15) is 45.4 Å². The molecule has 15 heavy (non-hydrogen) atoms. The number of aryl methyl sites for hydroxylation is 1. The minimum Gasteiger partial charge on any atom is -0.349 e. The summed E-state index contributed by atoms with van der Waals surface area (Å²) in [6.07, 6.45) is 9.80. The van der Waals surface area contributed by atoms with E-state index in [0.29, 0.717) is 6.04 Å². The van der Waals surface area contributed by atoms with Crippen LogP contribution in [0.15, 0.2) is 12.4 Å². The molecule has 0 aliphatic rings. The Morgan fingerprint density at radius 3 is 3.00 bits per heavy atom. The van der Waals surface area contributed by atoms with Crippen molar-refractivity contribution in [2.45, 2.75) is 52.0 Å². The first-order valence-corrected chi connectivity index (χ1v) is 6.04. The van der Waals surface area contributed by atoms with E-state index >= 15 is 0 Å². The molecule has 1 unspecified atom stereocenters. The van der Waals surface area contributed by atoms with Crippen molar-refractivity contribution in [1.29, 1.82) is 0 Å². The van der Waals surface area contributed by atoms with Crippen LogP contribution in [0.4, 0.5) is 0 Å². The molecule has 0 saturated carbocycles. The molecule has 0 bridgehead atoms. The monoisotopic (exact) mass is 209 g/mol. The number of H-pyrrole nitrogens is 1. The van der Waals surface area contributed by atoms with Crippen molar-refractivity contribution in [2.24, 2.45) is 0 Å². The Kier molecular flexibility index (Phi) is 6.09. The fourth-order valence-electron chi connectivity index (χ4n) is 1.65. The molecular formula is C12H23N3. The molecule has 0 radical (unpaired) electrons. The lowest BCUT2D eigenvalue weighted by Gasteiger charge is -2.12. The van der Waals surface area contributed by atoms with Crippen LogP contribution in [0, 0.1) is 0 Å². The largest absolute Gasteiger partial charge is 0.349 e. The quantitative estimate of drug-likeness (QED) is 0.646. The van der Waals surface area contributed by atoms with Gasteiger partial charge in [0, 0.05) is 24.9 Å². The Balaban J connectivity index is 1.97. The lowest BCUT2D eigenvalue weighted by Crippen LogP contribution is -2.27. The second-order valence-corrected chi connectivity index (χ2v) is 4.14. The molecule has 2 N–H and O–H groups in total. The fraction of sp³-hybridized carbons (Fsp3) is 0.750. The van der Waals surface area contributed by atoms with Gasteiger partial charge in [-0.05, 0) is 26.3 Å². The van der Waals surface area contributed by atoms with E-state index in [4.69, 9.17) is 0 Å². The van der Waals surface area contributed by atoms with Gasteiger partial charge in [-0.3, -0.25) is 0 Å². The van der Waals surface area contributed by atoms with Crippen LogP contribution in [0.3, 0.4) is 0 Å². The van der Waals surface area contributed by atoms with Gasteiger partial charge in [-0.25, -0.2) is 4.98 Å². The maximum atomic E-state index is 4.20. The Bertz CT molecular complexity index is 231. The average Bonchev–Trinajstić information content (AvgIpc) is 2.74. The van der Waals surface area contributed by atoms with Crippen LogP contribution in [0.2, 0.25) is 0 Å². The Morgan fingerprint density at radius 1 is 1.47 bits per heavy atom. The minimum absolute atomic E-state index is 0.654. The summed E-state index contributed by atoms with van der Waals surface area (Å²) in [5.41, 5.74) is 0. The van der Waals surface area contributed by atoms with Crippen LogP contribution in [-0.4, -0.2) is 22.6 Å². The molecule has 86 valence electrons. The van der Waals surface area contributed by atoms with Crippen LogP contribution < -0.4 is 5.32 Å². The van der Waals surface area contributed by atoms with Gasteiger partial charge in [0.25, 0.3) is 0 Å². The van der Waals surface area contributed by atoms with Crippen molar-refractivity contribution in [3.8, 4) is 0 Å². The van der Waals surface area contributed by atoms with Crippen molar-refractivity contribution >= 4 is 0 Å². The number of hydrogen-bond acceptors (Lipinski definition) is 2. The van der Waals surface area contributed by atoms with Crippen molar-refractivity contribution in [1.82, 2.24) is 15.3 Å². The predicted octanol–water partition coefficient (Wildman–Crippen LogP) is 2.51. The van der Waals surface area contributed by atoms with Crippen molar-refractivity contribution in [2.75, 3.05) is 6.54 Å². The van der Waals surface area contributed by atoms with E-state index in [9.17, 15) is 0 Å². The zero-order valence-corrected chi connectivity index (χ0v) is 9.92. The van der Waals surface area contributed by atoms with Gasteiger partial charge in [-0.15, -0.1) is 0 Å². The van der Waals surface area contributed by atoms with Gasteiger partial charge in [0.2, 0.25) is 0 Å². The molecule has 1 aromatic heterocycles. The number of rotatable bonds is 8. The molecule has 0 aromatic carbocycles. The highest BCUT2D eigenvalue weighted by atomic mass is 14.9. The topological polar surface area (TPSA) is 40.7 Å². The highest BCUT2D eigenvalue weighted by Gasteiger charge is 2.00. The van der Waals surface area contributed by atoms with Gasteiger partial charge in [0.15, 0.2) is 0 Å². The number of aromatic amines is 1. The number of imidazole rings is 1. The molecule has 1 heterocycles. The predicted molar refractivity (Wildman–Crippen MR) is 63.9 cm³/mol. The molecule has 0 aliphatic carbocycles. The number of hydrogen-bond donors (Lipinski definition) is 2. The number of aromatic nitrogens is 2. The molecule has 1 aromatic rings. The lowest BCUT2D eigenvalue weighted by molar-refractivity contribution is 0.488. The fourth-order valence-corrected chi connectivity index (χ4v) is 1.65. The molecule has 3 nitrogen and oxygen atoms in total. The highest BCUT2D eigenvalue weighted by Crippen LogP contribution is 2.00. The number of nitrogens with one attached hydrogen (secondary N) is 2. The van der Waals surface area contributed by atoms with Crippen LogP contribution in [-0.2, 0) is 6.42 Å². The summed E-state index contributed by atoms with van der Waals surface area (Å²) in [6, 6.07) is 0.654. The van der Waals surface area contributed by atoms with Crippen LogP contribution >= 0.6 is 0 Å². The average molecular weight is 209 g/mol. The standard InChI is InChI=1S/C12H23N3/c1-3-4-6-11(2)13-8-5-7-12-14-9-10-15-12/h9-11,13H,3-8H2,1-2H3,(H,14,15). The van der Waals surface area contributed by atoms with Crippen molar-refractivity contribution < 1.29 is 0 Å². The molecule has 0 spiro atoms. The first-order chi connectivity index (χ1) is 7.33. The maximum Gasteiger partial charge on any atom is 0.106 e. The normalized spacial score (nSPS) is 12.9. The summed E-state index contributed by atoms with van der Waals surface area (Å²) in [7, 11) is 0. The zero-order valence-electron chi connectivity index (χ0n) is 9.92. The lowest BCUT2D eigenvalue weighted by atomic mass is 10.1. The number of unbranched alkanes of at least 4 members (excludes halogenated alkanes) is 1. The van der Waals surface area contributed by atoms with E-state index in [1.807, 2.05) is 12.4 Å². The summed E-state index contributed by atoms with van der Waals surface area (Å²) in [5, 5.41) is 3.54. The SMILES string of the molecule is CCCCC(C)NCCCc1ncc[nH]1. The van der Waals surface area contributed by atoms with Gasteiger partial charge in [-0.1, -0.05) is 19.8 Å². The second kappa shape index (κ2) is 7.46. The van der Waals surface area contributed by atoms with Crippen LogP contribution in [0.5, 0.6) is 0 Å². The Labute approximate surface area is 92.7 Å². The Hall–Kier alpha value is -0.830. The van der Waals surface area contributed by atoms with E-state index in [1.165, 1.54) is 19.3 Å². The zero-order chi connectivity index (χ0) is 10.9. The third kappa shape index (κ3) is 5.57. The summed E-state index contributed by atoms with van der Waals surface area (Å²) >= 11 is 0. The molecule has 3 heteroatoms. The smallest absolute Gasteiger partial charge is 0.106 e. The summed E-state index contributed by atoms with van der Waals surface area (Å²) in [6.45, 7) is 5.60. The van der Waals surface area contributed by atoms with Gasteiger partial charge in [-0.2, -0.15) is 0 Å². The van der Waals surface area contributed by atoms with E-state index in [1.54, 1.807) is 0 Å².